The van der Waals surface area contributed by atoms with Gasteiger partial charge in [-0.15, -0.1) is 0 Å². The van der Waals surface area contributed by atoms with E-state index in [9.17, 15) is 4.39 Å². The van der Waals surface area contributed by atoms with Gasteiger partial charge in [0.25, 0.3) is 0 Å². The Labute approximate surface area is 202 Å². The molecule has 5 rings (SSSR count). The van der Waals surface area contributed by atoms with Crippen LogP contribution in [-0.4, -0.2) is 32.6 Å². The average molecular weight is 484 g/mol. The van der Waals surface area contributed by atoms with Crippen molar-refractivity contribution in [3.63, 3.8) is 0 Å². The highest BCUT2D eigenvalue weighted by Crippen LogP contribution is 2.31. The van der Waals surface area contributed by atoms with Crippen LogP contribution in [0.15, 0.2) is 48.7 Å². The van der Waals surface area contributed by atoms with Crippen molar-refractivity contribution >= 4 is 34.4 Å². The van der Waals surface area contributed by atoms with Crippen LogP contribution in [0.1, 0.15) is 24.2 Å². The molecule has 1 aliphatic rings. The minimum absolute atomic E-state index is 0.306. The van der Waals surface area contributed by atoms with Crippen molar-refractivity contribution in [2.45, 2.75) is 32.2 Å². The summed E-state index contributed by atoms with van der Waals surface area (Å²) in [6, 6.07) is 12.5. The number of imidazole rings is 1. The summed E-state index contributed by atoms with van der Waals surface area (Å²) in [5.74, 6) is 1.64. The van der Waals surface area contributed by atoms with Crippen LogP contribution in [-0.2, 0) is 19.4 Å². The zero-order chi connectivity index (χ0) is 22.8. The van der Waals surface area contributed by atoms with E-state index in [0.717, 1.165) is 55.0 Å². The van der Waals surface area contributed by atoms with E-state index in [4.69, 9.17) is 33.2 Å². The van der Waals surface area contributed by atoms with Crippen molar-refractivity contribution in [1.82, 2.24) is 24.8 Å². The molecular weight excluding hydrogens is 460 g/mol. The molecule has 0 bridgehead atoms. The van der Waals surface area contributed by atoms with Gasteiger partial charge in [-0.05, 0) is 68.1 Å². The fraction of sp³-hybridized carbons (Fsp3) is 0.320. The van der Waals surface area contributed by atoms with E-state index in [0.29, 0.717) is 40.2 Å². The summed E-state index contributed by atoms with van der Waals surface area (Å²) in [6.07, 6.45) is 5.08. The molecule has 0 spiro atoms. The number of hydrogen-bond acceptors (Lipinski definition) is 4. The van der Waals surface area contributed by atoms with Gasteiger partial charge in [0.2, 0.25) is 0 Å². The number of hydrogen-bond donors (Lipinski definition) is 1. The van der Waals surface area contributed by atoms with Crippen LogP contribution in [0.5, 0.6) is 0 Å². The van der Waals surface area contributed by atoms with E-state index in [-0.39, 0.29) is 5.82 Å². The first-order valence-electron chi connectivity index (χ1n) is 11.2. The lowest BCUT2D eigenvalue weighted by molar-refractivity contribution is 0.341. The Morgan fingerprint density at radius 3 is 2.76 bits per heavy atom. The van der Waals surface area contributed by atoms with E-state index in [2.05, 4.69) is 14.9 Å². The lowest BCUT2D eigenvalue weighted by Crippen LogP contribution is -2.32. The van der Waals surface area contributed by atoms with Crippen LogP contribution >= 0.6 is 23.2 Å². The van der Waals surface area contributed by atoms with Gasteiger partial charge >= 0.3 is 0 Å². The third-order valence-corrected chi connectivity index (χ3v) is 6.69. The van der Waals surface area contributed by atoms with E-state index in [1.54, 1.807) is 18.3 Å². The normalized spacial score (nSPS) is 16.4. The molecular formula is C25H24Cl2FN5. The Balaban J connectivity index is 1.50. The maximum atomic E-state index is 14.2. The minimum Gasteiger partial charge on any atom is -0.316 e. The SMILES string of the molecule is Fc1cc(Cl)ccc1CCc1ncc2nc(-c3ccccc3Cl)n(C[C@@H]3CCCNC3)c2n1. The molecule has 1 saturated heterocycles. The number of nitrogens with one attached hydrogen (secondary N) is 1. The van der Waals surface area contributed by atoms with Gasteiger partial charge in [-0.3, -0.25) is 0 Å². The molecule has 0 radical (unpaired) electrons. The van der Waals surface area contributed by atoms with Gasteiger partial charge in [-0.25, -0.2) is 19.3 Å². The number of rotatable bonds is 6. The van der Waals surface area contributed by atoms with Gasteiger partial charge in [0, 0.05) is 23.6 Å². The first kappa shape index (κ1) is 22.3. The summed E-state index contributed by atoms with van der Waals surface area (Å²) in [4.78, 5) is 14.2. The third kappa shape index (κ3) is 4.88. The Morgan fingerprint density at radius 1 is 1.09 bits per heavy atom. The second-order valence-electron chi connectivity index (χ2n) is 8.47. The fourth-order valence-corrected chi connectivity index (χ4v) is 4.78. The molecule has 0 aliphatic carbocycles. The highest BCUT2D eigenvalue weighted by Gasteiger charge is 2.21. The van der Waals surface area contributed by atoms with Gasteiger partial charge in [-0.2, -0.15) is 0 Å². The molecule has 1 N–H and O–H groups in total. The van der Waals surface area contributed by atoms with Crippen molar-refractivity contribution in [3.8, 4) is 11.4 Å². The first-order valence-corrected chi connectivity index (χ1v) is 12.0. The highest BCUT2D eigenvalue weighted by molar-refractivity contribution is 6.33. The Hall–Kier alpha value is -2.54. The van der Waals surface area contributed by atoms with Crippen LogP contribution in [0.3, 0.4) is 0 Å². The van der Waals surface area contributed by atoms with Gasteiger partial charge in [0.1, 0.15) is 23.0 Å². The van der Waals surface area contributed by atoms with Crippen LogP contribution in [0, 0.1) is 11.7 Å². The van der Waals surface area contributed by atoms with Gasteiger partial charge in [0.15, 0.2) is 5.65 Å². The molecule has 0 unspecified atom stereocenters. The van der Waals surface area contributed by atoms with Crippen molar-refractivity contribution in [3.05, 3.63) is 75.9 Å². The van der Waals surface area contributed by atoms with Crippen molar-refractivity contribution in [2.24, 2.45) is 5.92 Å². The third-order valence-electron chi connectivity index (χ3n) is 6.13. The summed E-state index contributed by atoms with van der Waals surface area (Å²) in [7, 11) is 0. The number of nitrogens with zero attached hydrogens (tertiary/aromatic N) is 4. The second-order valence-corrected chi connectivity index (χ2v) is 9.31. The van der Waals surface area contributed by atoms with Crippen LogP contribution < -0.4 is 5.32 Å². The Morgan fingerprint density at radius 2 is 1.97 bits per heavy atom. The van der Waals surface area contributed by atoms with Crippen molar-refractivity contribution < 1.29 is 4.39 Å². The molecule has 170 valence electrons. The number of aryl methyl sites for hydroxylation is 2. The molecule has 1 aliphatic heterocycles. The molecule has 1 fully saturated rings. The summed E-state index contributed by atoms with van der Waals surface area (Å²) in [5.41, 5.74) is 3.00. The van der Waals surface area contributed by atoms with Crippen LogP contribution in [0.25, 0.3) is 22.6 Å². The molecule has 33 heavy (non-hydrogen) atoms. The largest absolute Gasteiger partial charge is 0.316 e. The standard InChI is InChI=1S/C25H24Cl2FN5/c26-18-9-7-17(21(28)12-18)8-10-23-30-14-22-25(32-23)33(15-16-4-3-11-29-13-16)24(31-22)19-5-1-2-6-20(19)27/h1-2,5-7,9,12,14,16,29H,3-4,8,10-11,13,15H2/t16-/m1/s1. The molecule has 4 aromatic rings. The minimum atomic E-state index is -0.306. The molecule has 8 heteroatoms. The molecule has 3 heterocycles. The number of benzene rings is 2. The molecule has 2 aromatic carbocycles. The number of halogens is 3. The highest BCUT2D eigenvalue weighted by atomic mass is 35.5. The summed E-state index contributed by atoms with van der Waals surface area (Å²) in [6.45, 7) is 2.83. The Kier molecular flexibility index (Phi) is 6.58. The van der Waals surface area contributed by atoms with Crippen LogP contribution in [0.2, 0.25) is 10.0 Å². The lowest BCUT2D eigenvalue weighted by Gasteiger charge is -2.24. The van der Waals surface area contributed by atoms with Gasteiger partial charge in [0.05, 0.1) is 11.2 Å². The molecule has 1 atom stereocenters. The zero-order valence-corrected chi connectivity index (χ0v) is 19.6. The fourth-order valence-electron chi connectivity index (χ4n) is 4.40. The van der Waals surface area contributed by atoms with E-state index >= 15 is 0 Å². The second kappa shape index (κ2) is 9.75. The van der Waals surface area contributed by atoms with Gasteiger partial charge < -0.3 is 9.88 Å². The quantitative estimate of drug-likeness (QED) is 0.380. The van der Waals surface area contributed by atoms with E-state index in [1.165, 1.54) is 6.07 Å². The van der Waals surface area contributed by atoms with Crippen LogP contribution in [0.4, 0.5) is 4.39 Å². The zero-order valence-electron chi connectivity index (χ0n) is 18.1. The summed E-state index contributed by atoms with van der Waals surface area (Å²) < 4.78 is 16.4. The smallest absolute Gasteiger partial charge is 0.164 e. The summed E-state index contributed by atoms with van der Waals surface area (Å²) >= 11 is 12.4. The number of aromatic nitrogens is 4. The van der Waals surface area contributed by atoms with E-state index < -0.39 is 0 Å². The first-order chi connectivity index (χ1) is 16.1. The monoisotopic (exact) mass is 483 g/mol. The summed E-state index contributed by atoms with van der Waals surface area (Å²) in [5, 5.41) is 4.53. The predicted molar refractivity (Wildman–Crippen MR) is 130 cm³/mol. The Bertz CT molecular complexity index is 1280. The lowest BCUT2D eigenvalue weighted by atomic mass is 9.99. The number of piperidine rings is 1. The maximum Gasteiger partial charge on any atom is 0.164 e. The molecule has 2 aromatic heterocycles. The number of fused-ring (bicyclic) bond motifs is 1. The average Bonchev–Trinajstić information content (AvgIpc) is 3.17. The molecule has 0 amide bonds. The predicted octanol–water partition coefficient (Wildman–Crippen LogP) is 5.72. The maximum absolute atomic E-state index is 14.2. The molecule has 5 nitrogen and oxygen atoms in total. The van der Waals surface area contributed by atoms with E-state index in [1.807, 2.05) is 24.3 Å². The van der Waals surface area contributed by atoms with Crippen molar-refractivity contribution in [2.75, 3.05) is 13.1 Å². The topological polar surface area (TPSA) is 55.6 Å². The molecule has 0 saturated carbocycles. The van der Waals surface area contributed by atoms with Crippen molar-refractivity contribution in [1.29, 1.82) is 0 Å². The van der Waals surface area contributed by atoms with Gasteiger partial charge in [-0.1, -0.05) is 41.4 Å².